The summed E-state index contributed by atoms with van der Waals surface area (Å²) < 4.78 is 5.44. The van der Waals surface area contributed by atoms with Crippen molar-refractivity contribution in [2.75, 3.05) is 38.2 Å². The molecule has 2 heterocycles. The lowest BCUT2D eigenvalue weighted by Gasteiger charge is -2.36. The summed E-state index contributed by atoms with van der Waals surface area (Å²) in [5.74, 6) is 1.08. The third-order valence-corrected chi connectivity index (χ3v) is 5.44. The monoisotopic (exact) mass is 345 g/mol. The first kappa shape index (κ1) is 16.8. The number of aryl methyl sites for hydroxylation is 2. The molecule has 3 rings (SSSR count). The van der Waals surface area contributed by atoms with Crippen molar-refractivity contribution in [1.82, 2.24) is 9.88 Å². The third-order valence-electron chi connectivity index (χ3n) is 4.37. The SMILES string of the molecule is COc1ccccc1N1CCN(C(=O)Cc2sc(C)nc2C)CC1. The standard InChI is InChI=1S/C18H23N3O2S/c1-13-17(24-14(2)19-13)12-18(22)21-10-8-20(9-11-21)15-6-4-5-7-16(15)23-3/h4-7H,8-12H2,1-3H3. The van der Waals surface area contributed by atoms with E-state index in [1.54, 1.807) is 18.4 Å². The Kier molecular flexibility index (Phi) is 5.04. The Hall–Kier alpha value is -2.08. The number of aromatic nitrogens is 1. The van der Waals surface area contributed by atoms with Gasteiger partial charge in [0.25, 0.3) is 0 Å². The van der Waals surface area contributed by atoms with Gasteiger partial charge in [0.1, 0.15) is 5.75 Å². The van der Waals surface area contributed by atoms with Gasteiger partial charge in [-0.05, 0) is 26.0 Å². The van der Waals surface area contributed by atoms with E-state index in [9.17, 15) is 4.79 Å². The molecule has 0 radical (unpaired) electrons. The molecule has 6 heteroatoms. The van der Waals surface area contributed by atoms with Crippen LogP contribution in [-0.4, -0.2) is 49.1 Å². The van der Waals surface area contributed by atoms with Gasteiger partial charge in [0.15, 0.2) is 0 Å². The first-order valence-corrected chi connectivity index (χ1v) is 8.99. The Balaban J connectivity index is 1.60. The van der Waals surface area contributed by atoms with Crippen LogP contribution < -0.4 is 9.64 Å². The maximum Gasteiger partial charge on any atom is 0.228 e. The predicted molar refractivity (Wildman–Crippen MR) is 97.1 cm³/mol. The molecule has 0 bridgehead atoms. The molecule has 1 fully saturated rings. The molecule has 1 aromatic heterocycles. The van der Waals surface area contributed by atoms with Crippen molar-refractivity contribution in [2.24, 2.45) is 0 Å². The van der Waals surface area contributed by atoms with Crippen molar-refractivity contribution in [1.29, 1.82) is 0 Å². The number of carbonyl (C=O) groups excluding carboxylic acids is 1. The highest BCUT2D eigenvalue weighted by atomic mass is 32.1. The Morgan fingerprint density at radius 1 is 1.21 bits per heavy atom. The fourth-order valence-electron chi connectivity index (χ4n) is 3.07. The van der Waals surface area contributed by atoms with Crippen LogP contribution in [0.1, 0.15) is 15.6 Å². The first-order chi connectivity index (χ1) is 11.6. The molecule has 0 saturated carbocycles. The molecular formula is C18H23N3O2S. The topological polar surface area (TPSA) is 45.7 Å². The van der Waals surface area contributed by atoms with Gasteiger partial charge in [0.05, 0.1) is 29.9 Å². The summed E-state index contributed by atoms with van der Waals surface area (Å²) in [6.45, 7) is 7.10. The number of anilines is 1. The minimum absolute atomic E-state index is 0.196. The summed E-state index contributed by atoms with van der Waals surface area (Å²) in [4.78, 5) is 22.3. The maximum absolute atomic E-state index is 12.6. The number of rotatable bonds is 4. The number of thiazole rings is 1. The van der Waals surface area contributed by atoms with Crippen molar-refractivity contribution in [2.45, 2.75) is 20.3 Å². The Labute approximate surface area is 146 Å². The zero-order valence-electron chi connectivity index (χ0n) is 14.4. The summed E-state index contributed by atoms with van der Waals surface area (Å²) in [6, 6.07) is 8.04. The molecule has 0 atom stereocenters. The van der Waals surface area contributed by atoms with Crippen LogP contribution in [0.15, 0.2) is 24.3 Å². The van der Waals surface area contributed by atoms with Gasteiger partial charge in [-0.25, -0.2) is 4.98 Å². The minimum atomic E-state index is 0.196. The summed E-state index contributed by atoms with van der Waals surface area (Å²) in [5.41, 5.74) is 2.08. The number of hydrogen-bond donors (Lipinski definition) is 0. The van der Waals surface area contributed by atoms with E-state index in [2.05, 4.69) is 16.0 Å². The van der Waals surface area contributed by atoms with Crippen LogP contribution in [0.4, 0.5) is 5.69 Å². The van der Waals surface area contributed by atoms with E-state index >= 15 is 0 Å². The van der Waals surface area contributed by atoms with Crippen LogP contribution in [0.25, 0.3) is 0 Å². The second kappa shape index (κ2) is 7.21. The van der Waals surface area contributed by atoms with Gasteiger partial charge in [-0.1, -0.05) is 12.1 Å². The molecule has 5 nitrogen and oxygen atoms in total. The number of ether oxygens (including phenoxy) is 1. The summed E-state index contributed by atoms with van der Waals surface area (Å²) in [5, 5.41) is 1.02. The van der Waals surface area contributed by atoms with Gasteiger partial charge in [-0.3, -0.25) is 4.79 Å². The van der Waals surface area contributed by atoms with E-state index < -0.39 is 0 Å². The van der Waals surface area contributed by atoms with Gasteiger partial charge in [0, 0.05) is 31.1 Å². The third kappa shape index (κ3) is 3.53. The fraction of sp³-hybridized carbons (Fsp3) is 0.444. The maximum atomic E-state index is 12.6. The number of nitrogens with zero attached hydrogens (tertiary/aromatic N) is 3. The quantitative estimate of drug-likeness (QED) is 0.855. The Morgan fingerprint density at radius 2 is 1.92 bits per heavy atom. The lowest BCUT2D eigenvalue weighted by molar-refractivity contribution is -0.130. The second-order valence-electron chi connectivity index (χ2n) is 5.96. The number of piperazine rings is 1. The van der Waals surface area contributed by atoms with E-state index in [4.69, 9.17) is 4.74 Å². The van der Waals surface area contributed by atoms with E-state index in [1.807, 2.05) is 36.9 Å². The number of para-hydroxylation sites is 2. The highest BCUT2D eigenvalue weighted by Crippen LogP contribution is 2.28. The molecule has 1 amide bonds. The summed E-state index contributed by atoms with van der Waals surface area (Å²) >= 11 is 1.62. The van der Waals surface area contributed by atoms with Gasteiger partial charge in [-0.2, -0.15) is 0 Å². The van der Waals surface area contributed by atoms with E-state index in [-0.39, 0.29) is 5.91 Å². The van der Waals surface area contributed by atoms with E-state index in [0.29, 0.717) is 6.42 Å². The van der Waals surface area contributed by atoms with Crippen molar-refractivity contribution >= 4 is 22.9 Å². The number of carbonyl (C=O) groups is 1. The minimum Gasteiger partial charge on any atom is -0.495 e. The number of amides is 1. The van der Waals surface area contributed by atoms with Crippen LogP contribution >= 0.6 is 11.3 Å². The van der Waals surface area contributed by atoms with E-state index in [1.165, 1.54) is 0 Å². The van der Waals surface area contributed by atoms with Crippen LogP contribution in [-0.2, 0) is 11.2 Å². The van der Waals surface area contributed by atoms with Crippen molar-refractivity contribution in [3.05, 3.63) is 39.8 Å². The van der Waals surface area contributed by atoms with Crippen molar-refractivity contribution in [3.63, 3.8) is 0 Å². The summed E-state index contributed by atoms with van der Waals surface area (Å²) in [6.07, 6.45) is 0.464. The summed E-state index contributed by atoms with van der Waals surface area (Å²) in [7, 11) is 1.69. The molecule has 128 valence electrons. The van der Waals surface area contributed by atoms with Crippen LogP contribution in [0.3, 0.4) is 0 Å². The molecule has 0 N–H and O–H groups in total. The second-order valence-corrected chi connectivity index (χ2v) is 7.25. The lowest BCUT2D eigenvalue weighted by atomic mass is 10.2. The highest BCUT2D eigenvalue weighted by molar-refractivity contribution is 7.11. The predicted octanol–water partition coefficient (Wildman–Crippen LogP) is 2.66. The Morgan fingerprint density at radius 3 is 2.54 bits per heavy atom. The van der Waals surface area contributed by atoms with Crippen LogP contribution in [0, 0.1) is 13.8 Å². The first-order valence-electron chi connectivity index (χ1n) is 8.17. The molecule has 0 unspecified atom stereocenters. The van der Waals surface area contributed by atoms with Crippen LogP contribution in [0.2, 0.25) is 0 Å². The highest BCUT2D eigenvalue weighted by Gasteiger charge is 2.23. The molecule has 24 heavy (non-hydrogen) atoms. The van der Waals surface area contributed by atoms with Crippen LogP contribution in [0.5, 0.6) is 5.75 Å². The molecule has 1 saturated heterocycles. The average Bonchev–Trinajstić information content (AvgIpc) is 2.92. The zero-order chi connectivity index (χ0) is 17.1. The largest absolute Gasteiger partial charge is 0.495 e. The van der Waals surface area contributed by atoms with Crippen molar-refractivity contribution in [3.8, 4) is 5.75 Å². The number of hydrogen-bond acceptors (Lipinski definition) is 5. The molecule has 1 aliphatic heterocycles. The van der Waals surface area contributed by atoms with E-state index in [0.717, 1.165) is 53.2 Å². The zero-order valence-corrected chi connectivity index (χ0v) is 15.2. The van der Waals surface area contributed by atoms with Gasteiger partial charge in [-0.15, -0.1) is 11.3 Å². The number of benzene rings is 1. The molecule has 2 aromatic rings. The molecule has 1 aromatic carbocycles. The van der Waals surface area contributed by atoms with Gasteiger partial charge >= 0.3 is 0 Å². The lowest BCUT2D eigenvalue weighted by Crippen LogP contribution is -2.49. The fourth-order valence-corrected chi connectivity index (χ4v) is 4.00. The molecule has 0 spiro atoms. The average molecular weight is 345 g/mol. The van der Waals surface area contributed by atoms with Gasteiger partial charge in [0.2, 0.25) is 5.91 Å². The number of methoxy groups -OCH3 is 1. The molecule has 0 aliphatic carbocycles. The Bertz CT molecular complexity index is 721. The normalized spacial score (nSPS) is 14.8. The molecule has 1 aliphatic rings. The van der Waals surface area contributed by atoms with Gasteiger partial charge < -0.3 is 14.5 Å². The molecular weight excluding hydrogens is 322 g/mol. The smallest absolute Gasteiger partial charge is 0.228 e. The van der Waals surface area contributed by atoms with Crippen molar-refractivity contribution < 1.29 is 9.53 Å².